The van der Waals surface area contributed by atoms with Crippen LogP contribution in [0.2, 0.25) is 0 Å². The Morgan fingerprint density at radius 2 is 2.29 bits per heavy atom. The van der Waals surface area contributed by atoms with Gasteiger partial charge in [-0.25, -0.2) is 0 Å². The number of aromatic amines is 1. The molecule has 1 heterocycles. The van der Waals surface area contributed by atoms with Gasteiger partial charge in [0.15, 0.2) is 0 Å². The van der Waals surface area contributed by atoms with E-state index in [4.69, 9.17) is 0 Å². The minimum atomic E-state index is 0.915. The maximum absolute atomic E-state index is 3.29. The van der Waals surface area contributed by atoms with Crippen LogP contribution in [-0.2, 0) is 6.54 Å². The lowest BCUT2D eigenvalue weighted by atomic mass is 10.2. The number of rotatable bonds is 3. The van der Waals surface area contributed by atoms with Crippen LogP contribution in [0.1, 0.15) is 5.56 Å². The number of hydrogen-bond acceptors (Lipinski definition) is 2. The molecule has 2 nitrogen and oxygen atoms in total. The van der Waals surface area contributed by atoms with Gasteiger partial charge in [0.25, 0.3) is 0 Å². The van der Waals surface area contributed by atoms with Crippen LogP contribution in [0.4, 0.5) is 0 Å². The van der Waals surface area contributed by atoms with Gasteiger partial charge >= 0.3 is 0 Å². The number of hydrogen-bond donors (Lipinski definition) is 2. The molecule has 3 heteroatoms. The molecule has 0 unspecified atom stereocenters. The molecule has 0 bridgehead atoms. The molecule has 0 aliphatic heterocycles. The molecule has 0 saturated heterocycles. The summed E-state index contributed by atoms with van der Waals surface area (Å²) in [4.78, 5) is 4.60. The van der Waals surface area contributed by atoms with Crippen LogP contribution in [0.15, 0.2) is 29.3 Å². The molecule has 0 radical (unpaired) electrons. The van der Waals surface area contributed by atoms with Crippen molar-refractivity contribution in [1.29, 1.82) is 0 Å². The van der Waals surface area contributed by atoms with E-state index in [0.29, 0.717) is 0 Å². The van der Waals surface area contributed by atoms with Gasteiger partial charge in [0, 0.05) is 28.5 Å². The molecule has 14 heavy (non-hydrogen) atoms. The third kappa shape index (κ3) is 1.65. The van der Waals surface area contributed by atoms with E-state index in [0.717, 1.165) is 6.54 Å². The maximum atomic E-state index is 3.29. The van der Waals surface area contributed by atoms with Crippen LogP contribution in [0, 0.1) is 0 Å². The van der Waals surface area contributed by atoms with Gasteiger partial charge in [0.05, 0.1) is 0 Å². The highest BCUT2D eigenvalue weighted by Gasteiger charge is 2.02. The summed E-state index contributed by atoms with van der Waals surface area (Å²) in [6.45, 7) is 0.915. The Hall–Kier alpha value is -0.930. The second kappa shape index (κ2) is 4.07. The molecule has 0 aliphatic rings. The largest absolute Gasteiger partial charge is 0.361 e. The van der Waals surface area contributed by atoms with Gasteiger partial charge in [-0.05, 0) is 31.0 Å². The third-order valence-electron chi connectivity index (χ3n) is 2.34. The van der Waals surface area contributed by atoms with Gasteiger partial charge < -0.3 is 10.3 Å². The van der Waals surface area contributed by atoms with Crippen molar-refractivity contribution in [1.82, 2.24) is 10.3 Å². The van der Waals surface area contributed by atoms with Crippen LogP contribution in [-0.4, -0.2) is 18.3 Å². The molecule has 2 rings (SSSR count). The highest BCUT2D eigenvalue weighted by molar-refractivity contribution is 7.98. The lowest BCUT2D eigenvalue weighted by molar-refractivity contribution is 0.823. The topological polar surface area (TPSA) is 27.8 Å². The van der Waals surface area contributed by atoms with E-state index in [1.54, 1.807) is 11.8 Å². The molecule has 1 aromatic carbocycles. The van der Waals surface area contributed by atoms with Gasteiger partial charge in [-0.15, -0.1) is 11.8 Å². The Kier molecular flexibility index (Phi) is 2.79. The predicted molar refractivity (Wildman–Crippen MR) is 62.8 cm³/mol. The summed E-state index contributed by atoms with van der Waals surface area (Å²) in [6.07, 6.45) is 4.17. The number of nitrogens with one attached hydrogen (secondary N) is 2. The lowest BCUT2D eigenvalue weighted by Gasteiger charge is -1.98. The van der Waals surface area contributed by atoms with Crippen molar-refractivity contribution in [2.24, 2.45) is 0 Å². The van der Waals surface area contributed by atoms with Crippen LogP contribution in [0.5, 0.6) is 0 Å². The fraction of sp³-hybridized carbons (Fsp3) is 0.273. The first-order chi connectivity index (χ1) is 6.85. The molecule has 1 aromatic heterocycles. The number of aromatic nitrogens is 1. The van der Waals surface area contributed by atoms with Gasteiger partial charge in [-0.3, -0.25) is 0 Å². The average Bonchev–Trinajstić information content (AvgIpc) is 2.61. The first-order valence-corrected chi connectivity index (χ1v) is 5.86. The number of thioether (sulfide) groups is 1. The fourth-order valence-corrected chi connectivity index (χ4v) is 2.07. The summed E-state index contributed by atoms with van der Waals surface area (Å²) in [6, 6.07) is 6.55. The minimum absolute atomic E-state index is 0.915. The monoisotopic (exact) mass is 206 g/mol. The zero-order valence-electron chi connectivity index (χ0n) is 8.42. The summed E-state index contributed by atoms with van der Waals surface area (Å²) < 4.78 is 0. The Morgan fingerprint density at radius 3 is 3.00 bits per heavy atom. The van der Waals surface area contributed by atoms with E-state index in [2.05, 4.69) is 41.0 Å². The van der Waals surface area contributed by atoms with Crippen molar-refractivity contribution >= 4 is 22.7 Å². The third-order valence-corrected chi connectivity index (χ3v) is 3.07. The minimum Gasteiger partial charge on any atom is -0.361 e. The molecule has 0 atom stereocenters. The van der Waals surface area contributed by atoms with Crippen LogP contribution >= 0.6 is 11.8 Å². The number of fused-ring (bicyclic) bond motifs is 1. The van der Waals surface area contributed by atoms with Crippen LogP contribution < -0.4 is 5.32 Å². The summed E-state index contributed by atoms with van der Waals surface area (Å²) in [5.41, 5.74) is 2.55. The van der Waals surface area contributed by atoms with E-state index in [1.165, 1.54) is 21.4 Å². The second-order valence-electron chi connectivity index (χ2n) is 3.26. The quantitative estimate of drug-likeness (QED) is 0.755. The van der Waals surface area contributed by atoms with Gasteiger partial charge in [-0.1, -0.05) is 6.07 Å². The molecule has 0 saturated carbocycles. The van der Waals surface area contributed by atoms with Gasteiger partial charge in [-0.2, -0.15) is 0 Å². The molecule has 74 valence electrons. The van der Waals surface area contributed by atoms with Crippen molar-refractivity contribution in [3.8, 4) is 0 Å². The standard InChI is InChI=1S/C11H14N2S/c1-12-6-8-7-13-11-5-9(14-2)3-4-10(8)11/h3-5,7,12-13H,6H2,1-2H3. The summed E-state index contributed by atoms with van der Waals surface area (Å²) in [5.74, 6) is 0. The molecular formula is C11H14N2S. The smallest absolute Gasteiger partial charge is 0.0468 e. The van der Waals surface area contributed by atoms with E-state index in [1.807, 2.05) is 7.05 Å². The van der Waals surface area contributed by atoms with Crippen molar-refractivity contribution in [2.45, 2.75) is 11.4 Å². The van der Waals surface area contributed by atoms with Crippen LogP contribution in [0.3, 0.4) is 0 Å². The second-order valence-corrected chi connectivity index (χ2v) is 4.14. The van der Waals surface area contributed by atoms with Crippen molar-refractivity contribution in [2.75, 3.05) is 13.3 Å². The lowest BCUT2D eigenvalue weighted by Crippen LogP contribution is -2.03. The van der Waals surface area contributed by atoms with E-state index < -0.39 is 0 Å². The first kappa shape index (κ1) is 9.62. The van der Waals surface area contributed by atoms with Crippen LogP contribution in [0.25, 0.3) is 10.9 Å². The van der Waals surface area contributed by atoms with Crippen molar-refractivity contribution in [3.63, 3.8) is 0 Å². The van der Waals surface area contributed by atoms with E-state index in [-0.39, 0.29) is 0 Å². The zero-order valence-corrected chi connectivity index (χ0v) is 9.24. The molecule has 0 fully saturated rings. The highest BCUT2D eigenvalue weighted by atomic mass is 32.2. The molecule has 2 aromatic rings. The number of H-pyrrole nitrogens is 1. The number of benzene rings is 1. The summed E-state index contributed by atoms with van der Waals surface area (Å²) in [7, 11) is 1.97. The first-order valence-electron chi connectivity index (χ1n) is 4.63. The van der Waals surface area contributed by atoms with Gasteiger partial charge in [0.2, 0.25) is 0 Å². The Balaban J connectivity index is 2.48. The van der Waals surface area contributed by atoms with Crippen molar-refractivity contribution < 1.29 is 0 Å². The molecule has 0 aliphatic carbocycles. The Labute approximate surface area is 88.1 Å². The molecular weight excluding hydrogens is 192 g/mol. The summed E-state index contributed by atoms with van der Waals surface area (Å²) in [5, 5.41) is 4.48. The molecule has 0 spiro atoms. The molecule has 2 N–H and O–H groups in total. The SMILES string of the molecule is CNCc1c[nH]c2cc(SC)ccc12. The Bertz CT molecular complexity index is 434. The predicted octanol–water partition coefficient (Wildman–Crippen LogP) is 2.61. The average molecular weight is 206 g/mol. The van der Waals surface area contributed by atoms with Crippen molar-refractivity contribution in [3.05, 3.63) is 30.0 Å². The zero-order chi connectivity index (χ0) is 9.97. The van der Waals surface area contributed by atoms with E-state index >= 15 is 0 Å². The van der Waals surface area contributed by atoms with E-state index in [9.17, 15) is 0 Å². The summed E-state index contributed by atoms with van der Waals surface area (Å²) >= 11 is 1.77. The normalized spacial score (nSPS) is 11.0. The molecule has 0 amide bonds. The maximum Gasteiger partial charge on any atom is 0.0468 e. The fourth-order valence-electron chi connectivity index (χ4n) is 1.63. The highest BCUT2D eigenvalue weighted by Crippen LogP contribution is 2.23. The Morgan fingerprint density at radius 1 is 1.43 bits per heavy atom. The van der Waals surface area contributed by atoms with Gasteiger partial charge in [0.1, 0.15) is 0 Å².